The Hall–Kier alpha value is -2.67. The Morgan fingerprint density at radius 3 is 2.46 bits per heavy atom. The summed E-state index contributed by atoms with van der Waals surface area (Å²) in [4.78, 5) is 12.2. The van der Waals surface area contributed by atoms with Crippen LogP contribution in [0.2, 0.25) is 0 Å². The first kappa shape index (κ1) is 13.7. The van der Waals surface area contributed by atoms with E-state index in [1.807, 2.05) is 0 Å². The van der Waals surface area contributed by atoms with Crippen LogP contribution in [0.5, 0.6) is 23.0 Å². The summed E-state index contributed by atoms with van der Waals surface area (Å²) < 4.78 is 5.82. The number of rotatable bonds is 2. The summed E-state index contributed by atoms with van der Waals surface area (Å²) in [7, 11) is 0. The first-order chi connectivity index (χ1) is 11.4. The minimum Gasteiger partial charge on any atom is -0.507 e. The molecule has 0 spiro atoms. The van der Waals surface area contributed by atoms with Gasteiger partial charge in [0.25, 0.3) is 0 Å². The van der Waals surface area contributed by atoms with Crippen molar-refractivity contribution in [3.8, 4) is 34.3 Å². The molecule has 2 aliphatic carbocycles. The van der Waals surface area contributed by atoms with Crippen molar-refractivity contribution >= 4 is 0 Å². The van der Waals surface area contributed by atoms with Gasteiger partial charge in [0.2, 0.25) is 11.2 Å². The van der Waals surface area contributed by atoms with Gasteiger partial charge in [-0.15, -0.1) is 0 Å². The van der Waals surface area contributed by atoms with Crippen molar-refractivity contribution in [2.75, 3.05) is 6.54 Å². The molecular formula is C17H15NO6. The highest BCUT2D eigenvalue weighted by molar-refractivity contribution is 5.73. The van der Waals surface area contributed by atoms with Crippen LogP contribution in [0.4, 0.5) is 0 Å². The van der Waals surface area contributed by atoms with E-state index in [9.17, 15) is 25.2 Å². The predicted molar refractivity (Wildman–Crippen MR) is 82.1 cm³/mol. The number of phenols is 3. The van der Waals surface area contributed by atoms with Gasteiger partial charge in [-0.2, -0.15) is 0 Å². The van der Waals surface area contributed by atoms with Gasteiger partial charge >= 0.3 is 0 Å². The lowest BCUT2D eigenvalue weighted by Crippen LogP contribution is -2.43. The monoisotopic (exact) mass is 329 g/mol. The second-order valence-corrected chi connectivity index (χ2v) is 6.83. The number of aromatic hydroxyl groups is 4. The fourth-order valence-corrected chi connectivity index (χ4v) is 4.46. The van der Waals surface area contributed by atoms with Crippen LogP contribution in [-0.4, -0.2) is 33.0 Å². The number of piperidine rings is 2. The molecule has 24 heavy (non-hydrogen) atoms. The maximum Gasteiger partial charge on any atom is 0.227 e. The molecule has 7 nitrogen and oxygen atoms in total. The zero-order valence-electron chi connectivity index (χ0n) is 12.5. The Bertz CT molecular complexity index is 939. The van der Waals surface area contributed by atoms with Crippen LogP contribution in [0.25, 0.3) is 11.3 Å². The molecule has 0 radical (unpaired) electrons. The summed E-state index contributed by atoms with van der Waals surface area (Å²) in [5.74, 6) is -0.761. The number of nitrogens with one attached hydrogen (secondary N) is 1. The maximum atomic E-state index is 12.2. The number of phenolic OH excluding ortho intramolecular Hbond substituents is 3. The van der Waals surface area contributed by atoms with Crippen LogP contribution in [0, 0.1) is 11.8 Å². The molecule has 7 heteroatoms. The highest BCUT2D eigenvalue weighted by Crippen LogP contribution is 2.80. The van der Waals surface area contributed by atoms with Crippen molar-refractivity contribution in [1.82, 2.24) is 5.32 Å². The SMILES string of the molecule is O=c1cc(C23CCNC4C2C43)oc(-c2cc(O)c(O)cc2O)c1O. The summed E-state index contributed by atoms with van der Waals surface area (Å²) in [5.41, 5.74) is -0.779. The lowest BCUT2D eigenvalue weighted by atomic mass is 9.82. The minimum absolute atomic E-state index is 0.0436. The van der Waals surface area contributed by atoms with Gasteiger partial charge in [0.1, 0.15) is 11.5 Å². The van der Waals surface area contributed by atoms with E-state index in [1.54, 1.807) is 0 Å². The van der Waals surface area contributed by atoms with Crippen LogP contribution in [0.15, 0.2) is 27.4 Å². The molecule has 3 fully saturated rings. The molecule has 2 unspecified atom stereocenters. The maximum absolute atomic E-state index is 12.2. The highest BCUT2D eigenvalue weighted by Gasteiger charge is 2.86. The van der Waals surface area contributed by atoms with E-state index in [-0.39, 0.29) is 16.7 Å². The van der Waals surface area contributed by atoms with Gasteiger partial charge in [0.15, 0.2) is 17.3 Å². The van der Waals surface area contributed by atoms with Gasteiger partial charge in [-0.3, -0.25) is 4.79 Å². The van der Waals surface area contributed by atoms with E-state index in [0.29, 0.717) is 23.6 Å². The molecule has 1 saturated heterocycles. The van der Waals surface area contributed by atoms with Crippen molar-refractivity contribution in [2.24, 2.45) is 11.8 Å². The molecule has 0 bridgehead atoms. The normalized spacial score (nSPS) is 32.2. The first-order valence-electron chi connectivity index (χ1n) is 7.81. The van der Waals surface area contributed by atoms with E-state index >= 15 is 0 Å². The standard InChI is InChI=1S/C17H15NO6/c19-7-4-9(21)8(20)3-6(7)16-15(23)10(22)5-11(24-16)17-1-2-18-14-12(17)13(14)17/h3-5,12-14,18-21,23H,1-2H2. The van der Waals surface area contributed by atoms with Crippen molar-refractivity contribution in [3.05, 3.63) is 34.2 Å². The third kappa shape index (κ3) is 1.48. The number of hydrogen-bond acceptors (Lipinski definition) is 7. The molecule has 2 atom stereocenters. The van der Waals surface area contributed by atoms with Crippen molar-refractivity contribution in [1.29, 1.82) is 0 Å². The van der Waals surface area contributed by atoms with Crippen LogP contribution < -0.4 is 10.7 Å². The van der Waals surface area contributed by atoms with Crippen LogP contribution in [0.1, 0.15) is 12.2 Å². The van der Waals surface area contributed by atoms with Crippen LogP contribution >= 0.6 is 0 Å². The summed E-state index contributed by atoms with van der Waals surface area (Å²) in [6, 6.07) is 3.81. The number of benzene rings is 1. The fraction of sp³-hybridized carbons (Fsp3) is 0.353. The van der Waals surface area contributed by atoms with E-state index in [4.69, 9.17) is 4.42 Å². The summed E-state index contributed by atoms with van der Waals surface area (Å²) in [6.45, 7) is 0.850. The molecule has 5 N–H and O–H groups in total. The van der Waals surface area contributed by atoms with Gasteiger partial charge < -0.3 is 30.2 Å². The summed E-state index contributed by atoms with van der Waals surface area (Å²) in [6.07, 6.45) is 0.860. The number of hydrogen-bond donors (Lipinski definition) is 5. The number of fused-ring (bicyclic) bond motifs is 2. The minimum atomic E-state index is -0.629. The average Bonchev–Trinajstić information content (AvgIpc) is 3.45. The quantitative estimate of drug-likeness (QED) is 0.411. The molecule has 5 rings (SSSR count). The molecule has 2 aromatic rings. The Morgan fingerprint density at radius 1 is 1.04 bits per heavy atom. The Kier molecular flexibility index (Phi) is 2.32. The van der Waals surface area contributed by atoms with Gasteiger partial charge in [-0.05, 0) is 30.9 Å². The molecule has 0 amide bonds. The highest BCUT2D eigenvalue weighted by atomic mass is 16.4. The molecule has 1 aromatic heterocycles. The van der Waals surface area contributed by atoms with E-state index in [0.717, 1.165) is 25.1 Å². The van der Waals surface area contributed by atoms with E-state index < -0.39 is 28.4 Å². The second kappa shape index (κ2) is 4.05. The largest absolute Gasteiger partial charge is 0.507 e. The third-order valence-electron chi connectivity index (χ3n) is 5.74. The first-order valence-corrected chi connectivity index (χ1v) is 7.81. The molecule has 1 aromatic carbocycles. The Labute approximate surface area is 135 Å². The molecular weight excluding hydrogens is 314 g/mol. The van der Waals surface area contributed by atoms with E-state index in [1.165, 1.54) is 6.07 Å². The molecule has 2 heterocycles. The van der Waals surface area contributed by atoms with Gasteiger partial charge in [-0.1, -0.05) is 0 Å². The lowest BCUT2D eigenvalue weighted by molar-refractivity contribution is 0.268. The summed E-state index contributed by atoms with van der Waals surface area (Å²) >= 11 is 0. The van der Waals surface area contributed by atoms with Gasteiger partial charge in [0.05, 0.1) is 5.56 Å². The van der Waals surface area contributed by atoms with Gasteiger partial charge in [0, 0.05) is 23.6 Å². The Morgan fingerprint density at radius 2 is 1.75 bits per heavy atom. The fourth-order valence-electron chi connectivity index (χ4n) is 4.46. The topological polar surface area (TPSA) is 123 Å². The molecule has 3 aliphatic rings. The zero-order chi connectivity index (χ0) is 16.8. The van der Waals surface area contributed by atoms with Gasteiger partial charge in [-0.25, -0.2) is 0 Å². The molecule has 124 valence electrons. The van der Waals surface area contributed by atoms with Crippen molar-refractivity contribution < 1.29 is 24.8 Å². The van der Waals surface area contributed by atoms with Crippen LogP contribution in [-0.2, 0) is 5.41 Å². The van der Waals surface area contributed by atoms with Crippen LogP contribution in [0.3, 0.4) is 0 Å². The van der Waals surface area contributed by atoms with Crippen molar-refractivity contribution in [3.63, 3.8) is 0 Å². The second-order valence-electron chi connectivity index (χ2n) is 6.83. The Balaban J connectivity index is 1.67. The van der Waals surface area contributed by atoms with Crippen molar-refractivity contribution in [2.45, 2.75) is 17.9 Å². The zero-order valence-corrected chi connectivity index (χ0v) is 12.5. The predicted octanol–water partition coefficient (Wildman–Crippen LogP) is 0.988. The molecule has 2 saturated carbocycles. The molecule has 1 aliphatic heterocycles. The third-order valence-corrected chi connectivity index (χ3v) is 5.74. The summed E-state index contributed by atoms with van der Waals surface area (Å²) in [5, 5.41) is 42.6. The smallest absolute Gasteiger partial charge is 0.227 e. The van der Waals surface area contributed by atoms with E-state index in [2.05, 4.69) is 5.32 Å². The average molecular weight is 329 g/mol. The lowest BCUT2D eigenvalue weighted by Gasteiger charge is -2.32.